The van der Waals surface area contributed by atoms with Gasteiger partial charge in [0.05, 0.1) is 24.5 Å². The Morgan fingerprint density at radius 3 is 2.28 bits per heavy atom. The summed E-state index contributed by atoms with van der Waals surface area (Å²) in [7, 11) is -1.71. The standard InChI is InChI=1S/C13H28O4Si/c1-5-8-13(18(15-6-2)16-7-3)17-11(4)9-12-10-14-12/h11-13,18H,5-10H2,1-4H3. The van der Waals surface area contributed by atoms with Gasteiger partial charge in [0.1, 0.15) is 0 Å². The number of rotatable bonds is 11. The summed E-state index contributed by atoms with van der Waals surface area (Å²) in [6.45, 7) is 10.6. The lowest BCUT2D eigenvalue weighted by molar-refractivity contribution is 0.00114. The Labute approximate surface area is 113 Å². The third-order valence-corrected chi connectivity index (χ3v) is 5.36. The zero-order valence-corrected chi connectivity index (χ0v) is 13.3. The Morgan fingerprint density at radius 2 is 1.83 bits per heavy atom. The summed E-state index contributed by atoms with van der Waals surface area (Å²) in [5.41, 5.74) is 0.156. The van der Waals surface area contributed by atoms with Crippen molar-refractivity contribution in [3.05, 3.63) is 0 Å². The molecule has 4 nitrogen and oxygen atoms in total. The summed E-state index contributed by atoms with van der Waals surface area (Å²) in [5.74, 6) is 0. The van der Waals surface area contributed by atoms with E-state index in [1.165, 1.54) is 0 Å². The van der Waals surface area contributed by atoms with E-state index in [0.717, 1.165) is 25.9 Å². The monoisotopic (exact) mass is 276 g/mol. The maximum atomic E-state index is 6.14. The molecular weight excluding hydrogens is 248 g/mol. The van der Waals surface area contributed by atoms with Crippen molar-refractivity contribution in [1.82, 2.24) is 0 Å². The predicted octanol–water partition coefficient (Wildman–Crippen LogP) is 2.18. The van der Waals surface area contributed by atoms with Crippen LogP contribution in [0.4, 0.5) is 0 Å². The van der Waals surface area contributed by atoms with Gasteiger partial charge in [0.15, 0.2) is 0 Å². The summed E-state index contributed by atoms with van der Waals surface area (Å²) in [6, 6.07) is 0. The topological polar surface area (TPSA) is 40.2 Å². The van der Waals surface area contributed by atoms with Crippen molar-refractivity contribution in [2.24, 2.45) is 0 Å². The van der Waals surface area contributed by atoms with Crippen LogP contribution in [-0.2, 0) is 18.3 Å². The molecule has 0 spiro atoms. The fourth-order valence-corrected chi connectivity index (χ4v) is 4.26. The highest BCUT2D eigenvalue weighted by atomic mass is 28.3. The molecule has 108 valence electrons. The molecule has 0 radical (unpaired) electrons. The lowest BCUT2D eigenvalue weighted by Crippen LogP contribution is -2.41. The van der Waals surface area contributed by atoms with E-state index in [1.807, 2.05) is 13.8 Å². The van der Waals surface area contributed by atoms with Crippen LogP contribution < -0.4 is 0 Å². The second-order valence-corrected chi connectivity index (χ2v) is 6.89. The molecule has 0 aromatic heterocycles. The van der Waals surface area contributed by atoms with Gasteiger partial charge in [-0.25, -0.2) is 0 Å². The first-order valence-corrected chi connectivity index (χ1v) is 8.82. The highest BCUT2D eigenvalue weighted by Gasteiger charge is 2.31. The Morgan fingerprint density at radius 1 is 1.22 bits per heavy atom. The van der Waals surface area contributed by atoms with Crippen molar-refractivity contribution in [1.29, 1.82) is 0 Å². The molecule has 1 aliphatic rings. The Hall–Kier alpha value is 0.0569. The van der Waals surface area contributed by atoms with Gasteiger partial charge in [-0.05, 0) is 27.2 Å². The van der Waals surface area contributed by atoms with Crippen LogP contribution >= 0.6 is 0 Å². The first-order chi connectivity index (χ1) is 8.71. The van der Waals surface area contributed by atoms with Gasteiger partial charge in [-0.3, -0.25) is 0 Å². The first kappa shape index (κ1) is 16.1. The molecule has 0 aromatic carbocycles. The van der Waals surface area contributed by atoms with E-state index in [1.54, 1.807) is 0 Å². The van der Waals surface area contributed by atoms with E-state index < -0.39 is 9.28 Å². The average molecular weight is 276 g/mol. The van der Waals surface area contributed by atoms with E-state index in [2.05, 4.69) is 13.8 Å². The van der Waals surface area contributed by atoms with Crippen LogP contribution in [0.2, 0.25) is 0 Å². The zero-order chi connectivity index (χ0) is 13.4. The van der Waals surface area contributed by atoms with Crippen molar-refractivity contribution in [2.75, 3.05) is 19.8 Å². The van der Waals surface area contributed by atoms with E-state index in [4.69, 9.17) is 18.3 Å². The third kappa shape index (κ3) is 6.29. The van der Waals surface area contributed by atoms with Crippen molar-refractivity contribution in [3.8, 4) is 0 Å². The Balaban J connectivity index is 2.42. The lowest BCUT2D eigenvalue weighted by atomic mass is 10.2. The minimum Gasteiger partial charge on any atom is -0.395 e. The van der Waals surface area contributed by atoms with E-state index in [9.17, 15) is 0 Å². The van der Waals surface area contributed by atoms with Crippen LogP contribution in [-0.4, -0.2) is 47.0 Å². The molecule has 1 fully saturated rings. The van der Waals surface area contributed by atoms with Gasteiger partial charge in [-0.1, -0.05) is 13.3 Å². The zero-order valence-electron chi connectivity index (χ0n) is 12.2. The van der Waals surface area contributed by atoms with Crippen LogP contribution in [0, 0.1) is 0 Å². The van der Waals surface area contributed by atoms with E-state index >= 15 is 0 Å². The molecule has 0 aromatic rings. The van der Waals surface area contributed by atoms with Crippen molar-refractivity contribution in [3.63, 3.8) is 0 Å². The molecule has 0 bridgehead atoms. The normalized spacial score (nSPS) is 22.2. The Bertz CT molecular complexity index is 205. The quantitative estimate of drug-likeness (QED) is 0.428. The van der Waals surface area contributed by atoms with Crippen molar-refractivity contribution in [2.45, 2.75) is 64.9 Å². The number of hydrogen-bond acceptors (Lipinski definition) is 4. The van der Waals surface area contributed by atoms with Gasteiger partial charge >= 0.3 is 9.28 Å². The summed E-state index contributed by atoms with van der Waals surface area (Å²) in [4.78, 5) is 0. The van der Waals surface area contributed by atoms with Crippen LogP contribution in [0.25, 0.3) is 0 Å². The Kier molecular flexibility index (Phi) is 8.09. The molecule has 5 heteroatoms. The van der Waals surface area contributed by atoms with Crippen molar-refractivity contribution >= 4 is 9.28 Å². The van der Waals surface area contributed by atoms with Gasteiger partial charge in [0, 0.05) is 19.6 Å². The molecule has 1 aliphatic heterocycles. The fourth-order valence-electron chi connectivity index (χ4n) is 2.07. The van der Waals surface area contributed by atoms with Gasteiger partial charge < -0.3 is 18.3 Å². The molecule has 0 amide bonds. The molecule has 0 aliphatic carbocycles. The molecule has 0 N–H and O–H groups in total. The van der Waals surface area contributed by atoms with Gasteiger partial charge in [0.25, 0.3) is 0 Å². The van der Waals surface area contributed by atoms with Crippen molar-refractivity contribution < 1.29 is 18.3 Å². The highest BCUT2D eigenvalue weighted by Crippen LogP contribution is 2.20. The maximum Gasteiger partial charge on any atom is 0.351 e. The van der Waals surface area contributed by atoms with Crippen LogP contribution in [0.3, 0.4) is 0 Å². The summed E-state index contributed by atoms with van der Waals surface area (Å²) in [6.07, 6.45) is 3.75. The highest BCUT2D eigenvalue weighted by molar-refractivity contribution is 6.46. The molecule has 3 unspecified atom stereocenters. The summed E-state index contributed by atoms with van der Waals surface area (Å²) in [5, 5.41) is 0. The van der Waals surface area contributed by atoms with Gasteiger partial charge in [-0.2, -0.15) is 0 Å². The largest absolute Gasteiger partial charge is 0.395 e. The van der Waals surface area contributed by atoms with Crippen LogP contribution in [0.1, 0.15) is 47.0 Å². The fraction of sp³-hybridized carbons (Fsp3) is 1.00. The summed E-state index contributed by atoms with van der Waals surface area (Å²) < 4.78 is 22.9. The SMILES string of the molecule is CCCC(OC(C)CC1CO1)[SiH](OCC)OCC. The minimum absolute atomic E-state index is 0.156. The molecule has 18 heavy (non-hydrogen) atoms. The minimum atomic E-state index is -1.71. The third-order valence-electron chi connectivity index (χ3n) is 2.94. The second-order valence-electron chi connectivity index (χ2n) is 4.74. The van der Waals surface area contributed by atoms with Gasteiger partial charge in [0.2, 0.25) is 0 Å². The molecule has 1 rings (SSSR count). The van der Waals surface area contributed by atoms with E-state index in [-0.39, 0.29) is 11.8 Å². The average Bonchev–Trinajstić information content (AvgIpc) is 3.12. The molecule has 3 atom stereocenters. The smallest absolute Gasteiger partial charge is 0.351 e. The number of hydrogen-bond donors (Lipinski definition) is 0. The predicted molar refractivity (Wildman–Crippen MR) is 74.0 cm³/mol. The molecule has 1 heterocycles. The second kappa shape index (κ2) is 9.04. The first-order valence-electron chi connectivity index (χ1n) is 7.21. The number of epoxide rings is 1. The van der Waals surface area contributed by atoms with Gasteiger partial charge in [-0.15, -0.1) is 0 Å². The lowest BCUT2D eigenvalue weighted by Gasteiger charge is -2.27. The molecular formula is C13H28O4Si. The molecule has 0 saturated carbocycles. The maximum absolute atomic E-state index is 6.14. The number of ether oxygens (including phenoxy) is 2. The summed E-state index contributed by atoms with van der Waals surface area (Å²) >= 11 is 0. The molecule has 1 saturated heterocycles. The van der Waals surface area contributed by atoms with E-state index in [0.29, 0.717) is 19.3 Å². The van der Waals surface area contributed by atoms with Crippen LogP contribution in [0.5, 0.6) is 0 Å². The van der Waals surface area contributed by atoms with Crippen LogP contribution in [0.15, 0.2) is 0 Å².